The molecule has 806 valence electrons. The molecule has 20 amide bonds. The van der Waals surface area contributed by atoms with E-state index < -0.39 is 0 Å². The van der Waals surface area contributed by atoms with Crippen molar-refractivity contribution in [3.8, 4) is 0 Å². The summed E-state index contributed by atoms with van der Waals surface area (Å²) in [6, 6.07) is 1.80. The minimum Gasteiger partial charge on any atom is -0.379 e. The normalized spacial score (nSPS) is 26.1. The number of amides is 20. The molecule has 12 aliphatic rings. The number of rotatable bonds is 73. The maximum Gasteiger partial charge on any atom is 0.315 e. The van der Waals surface area contributed by atoms with Crippen LogP contribution in [0.1, 0.15) is 206 Å². The monoisotopic (exact) mass is 2120 g/mol. The Morgan fingerprint density at radius 2 is 0.415 bits per heavy atom. The van der Waals surface area contributed by atoms with Crippen LogP contribution in [0.25, 0.3) is 0 Å². The van der Waals surface area contributed by atoms with Crippen LogP contribution in [0.2, 0.25) is 0 Å². The van der Waals surface area contributed by atoms with Crippen molar-refractivity contribution in [2.45, 2.75) is 323 Å². The molecule has 12 rings (SSSR count). The molecule has 12 heterocycles. The third-order valence-electron chi connectivity index (χ3n) is 26.4. The lowest BCUT2D eigenvalue weighted by atomic mass is 10.0. The molecule has 12 fully saturated rings. The van der Waals surface area contributed by atoms with Crippen molar-refractivity contribution in [2.75, 3.05) is 179 Å². The number of carbonyl (C=O) groups excluding carboxylic acids is 14. The standard InChI is InChI=1S/C38H66N8O9S2.C30H52N6O7S2.C26H44N6O6S2/c1-25(41-31(47)11-5-3-9-29-35-27(23-56-29)43-37(51)45-35)21-33(49)39-13-7-15-53-17-19-55-20-18-54-16-8-14-40-34(50)22-26(2)42-32(48)12-6-4-10-30-36-28(24-57-30)44-38(52)46-36;37-25(9-3-1-7-23-27-21(19-44-23)33-29(39)35-27)31-11-5-13-41-15-17-43-18-16-42-14-6-12-32-26(38)10-4-2-8-24-28-22(20-45-24)34-30(40)36-28;33-21(7-3-1-5-19-23-17(15-39-19)29-25(35)31-23)27-9-11-37-13-14-38-12-10-28-22(34)8-4-2-6-20-24-18(16-40-20)30-26(36)32-24/h25-30,35-36H,3-24H2,1-2H3,(H,39,49)(H,40,50)(H,41,47)(H,42,48)(H2,43,45,51)(H2,44,46,52);21-24,27-28H,1-20H2,(H,31,37)(H,32,38)(H2,33,35,39)(H2,34,36,40);17-20,23-24H,1-16H2,(H,27,33)(H,28,34)(H2,29,31,35)(H2,30,32,36). The summed E-state index contributed by atoms with van der Waals surface area (Å²) in [6.45, 7) is 14.5. The van der Waals surface area contributed by atoms with Crippen LogP contribution >= 0.6 is 70.6 Å². The molecule has 42 nitrogen and oxygen atoms in total. The van der Waals surface area contributed by atoms with Gasteiger partial charge in [-0.1, -0.05) is 38.5 Å². The summed E-state index contributed by atoms with van der Waals surface area (Å²) in [7, 11) is 0. The first-order valence-electron chi connectivity index (χ1n) is 52.0. The molecule has 20 unspecified atom stereocenters. The summed E-state index contributed by atoms with van der Waals surface area (Å²) in [5, 5.41) is 61.5. The number of urea groups is 6. The number of unbranched alkanes of at least 4 members (excludes halogenated alkanes) is 6. The second-order valence-corrected chi connectivity index (χ2v) is 45.6. The van der Waals surface area contributed by atoms with E-state index in [0.717, 1.165) is 163 Å². The van der Waals surface area contributed by atoms with E-state index in [-0.39, 0.29) is 181 Å². The summed E-state index contributed by atoms with van der Waals surface area (Å²) in [4.78, 5) is 166. The van der Waals surface area contributed by atoms with Gasteiger partial charge in [-0.15, -0.1) is 0 Å². The third kappa shape index (κ3) is 45.5. The molecule has 20 N–H and O–H groups in total. The molecule has 12 saturated heterocycles. The molecule has 0 saturated carbocycles. The van der Waals surface area contributed by atoms with Gasteiger partial charge >= 0.3 is 36.2 Å². The first-order valence-corrected chi connectivity index (χ1v) is 58.3. The summed E-state index contributed by atoms with van der Waals surface area (Å²) in [5.74, 6) is 5.63. The van der Waals surface area contributed by atoms with E-state index in [9.17, 15) is 67.1 Å². The van der Waals surface area contributed by atoms with Crippen molar-refractivity contribution in [1.29, 1.82) is 0 Å². The lowest BCUT2D eigenvalue weighted by Gasteiger charge is -2.17. The Morgan fingerprint density at radius 1 is 0.232 bits per heavy atom. The van der Waals surface area contributed by atoms with Crippen LogP contribution in [0.3, 0.4) is 0 Å². The first-order chi connectivity index (χ1) is 69.0. The zero-order valence-electron chi connectivity index (χ0n) is 83.0. The highest BCUT2D eigenvalue weighted by molar-refractivity contribution is 8.01. The van der Waals surface area contributed by atoms with E-state index in [1.807, 2.05) is 84.4 Å². The van der Waals surface area contributed by atoms with Gasteiger partial charge in [-0.05, 0) is 117 Å². The van der Waals surface area contributed by atoms with Gasteiger partial charge in [0.05, 0.1) is 152 Å². The molecule has 0 aromatic rings. The Bertz CT molecular complexity index is 3630. The van der Waals surface area contributed by atoms with Gasteiger partial charge in [0.15, 0.2) is 0 Å². The quantitative estimate of drug-likeness (QED) is 0.0306. The Balaban J connectivity index is 0.000000223. The molecule has 142 heavy (non-hydrogen) atoms. The average Bonchev–Trinajstić information content (AvgIpc) is 1.70. The van der Waals surface area contributed by atoms with E-state index in [2.05, 4.69) is 106 Å². The highest BCUT2D eigenvalue weighted by Gasteiger charge is 2.48. The molecule has 0 aromatic carbocycles. The summed E-state index contributed by atoms with van der Waals surface area (Å²) in [6.07, 6.45) is 22.9. The van der Waals surface area contributed by atoms with Gasteiger partial charge in [-0.2, -0.15) is 70.6 Å². The Morgan fingerprint density at radius 3 is 0.634 bits per heavy atom. The number of thioether (sulfide) groups is 6. The van der Waals surface area contributed by atoms with E-state index >= 15 is 0 Å². The van der Waals surface area contributed by atoms with Gasteiger partial charge in [0, 0.05) is 195 Å². The Kier molecular flexibility index (Phi) is 56.0. The minimum atomic E-state index is -0.247. The Hall–Kier alpha value is -6.84. The number of ether oxygens (including phenoxy) is 8. The SMILES string of the molecule is CC(CC(=O)NCCCOCCOCCOCCCNC(=O)CC(C)NC(=O)CCCCC1SCC2NC(=O)NC21)NC(=O)CCCCC1SCC2NC(=O)NC21.O=C(CCCCC1SCC2NC(=O)NC21)NCCCOCCOCCOCCCNC(=O)CCCCC1SCC2NC(=O)NC21.O=C(CCCCC1SCC2NC(=O)NC21)NCCOCCOCCNC(=O)CCCCC1SCC2NC(=O)NC21. The zero-order chi connectivity index (χ0) is 101. The molecular weight excluding hydrogens is 1950 g/mol. The maximum atomic E-state index is 12.3. The van der Waals surface area contributed by atoms with Gasteiger partial charge in [0.2, 0.25) is 47.3 Å². The van der Waals surface area contributed by atoms with Gasteiger partial charge in [-0.25, -0.2) is 28.8 Å². The van der Waals surface area contributed by atoms with Crippen LogP contribution in [0, 0.1) is 0 Å². The van der Waals surface area contributed by atoms with Crippen LogP contribution < -0.4 is 106 Å². The molecule has 0 aliphatic carbocycles. The smallest absolute Gasteiger partial charge is 0.315 e. The minimum absolute atomic E-state index is 0.0362. The molecule has 0 spiro atoms. The largest absolute Gasteiger partial charge is 0.379 e. The summed E-state index contributed by atoms with van der Waals surface area (Å²) in [5.41, 5.74) is 0. The fraction of sp³-hybridized carbons (Fsp3) is 0.851. The maximum absolute atomic E-state index is 12.3. The fourth-order valence-corrected chi connectivity index (χ4v) is 28.3. The molecule has 48 heteroatoms. The van der Waals surface area contributed by atoms with E-state index in [1.54, 1.807) is 0 Å². The molecule has 0 aromatic heterocycles. The van der Waals surface area contributed by atoms with Crippen molar-refractivity contribution in [1.82, 2.24) is 106 Å². The van der Waals surface area contributed by atoms with Gasteiger partial charge < -0.3 is 144 Å². The number of hydrogen-bond acceptors (Lipinski definition) is 28. The second kappa shape index (κ2) is 67.9. The van der Waals surface area contributed by atoms with Crippen LogP contribution in [0.4, 0.5) is 28.8 Å². The zero-order valence-corrected chi connectivity index (χ0v) is 87.9. The highest BCUT2D eigenvalue weighted by atomic mass is 32.2. The Labute approximate surface area is 862 Å². The summed E-state index contributed by atoms with van der Waals surface area (Å²) >= 11 is 11.4. The lowest BCUT2D eigenvalue weighted by Crippen LogP contribution is -2.37. The van der Waals surface area contributed by atoms with E-state index in [4.69, 9.17) is 37.9 Å². The third-order valence-corrected chi connectivity index (χ3v) is 35.5. The molecule has 20 atom stereocenters. The van der Waals surface area contributed by atoms with Gasteiger partial charge in [-0.3, -0.25) is 38.4 Å². The van der Waals surface area contributed by atoms with Crippen molar-refractivity contribution >= 4 is 154 Å². The number of nitrogens with one attached hydrogen (secondary N) is 20. The van der Waals surface area contributed by atoms with Crippen molar-refractivity contribution < 1.29 is 105 Å². The van der Waals surface area contributed by atoms with Crippen molar-refractivity contribution in [3.63, 3.8) is 0 Å². The van der Waals surface area contributed by atoms with E-state index in [0.29, 0.717) is 228 Å². The second-order valence-electron chi connectivity index (χ2n) is 38.0. The predicted octanol–water partition coefficient (Wildman–Crippen LogP) is 3.49. The van der Waals surface area contributed by atoms with Crippen LogP contribution in [0.15, 0.2) is 0 Å². The van der Waals surface area contributed by atoms with E-state index in [1.165, 1.54) is 0 Å². The molecule has 0 radical (unpaired) electrons. The number of hydrogen-bond donors (Lipinski definition) is 20. The topological polar surface area (TPSA) is 553 Å². The fourth-order valence-electron chi connectivity index (χ4n) is 19.0. The van der Waals surface area contributed by atoms with Crippen molar-refractivity contribution in [2.24, 2.45) is 0 Å². The first kappa shape index (κ1) is 117. The predicted molar refractivity (Wildman–Crippen MR) is 551 cm³/mol. The van der Waals surface area contributed by atoms with Gasteiger partial charge in [0.1, 0.15) is 0 Å². The van der Waals surface area contributed by atoms with Crippen LogP contribution in [-0.4, -0.2) is 379 Å². The average molecular weight is 2120 g/mol. The molecule has 0 bridgehead atoms. The molecular formula is C94H162N20O22S6. The van der Waals surface area contributed by atoms with Crippen LogP contribution in [-0.2, 0) is 76.3 Å². The van der Waals surface area contributed by atoms with Gasteiger partial charge in [0.25, 0.3) is 0 Å². The summed E-state index contributed by atoms with van der Waals surface area (Å²) < 4.78 is 44.3. The lowest BCUT2D eigenvalue weighted by molar-refractivity contribution is -0.125. The number of fused-ring (bicyclic) bond motifs is 6. The number of carbonyl (C=O) groups is 14. The molecule has 12 aliphatic heterocycles. The highest BCUT2D eigenvalue weighted by Crippen LogP contribution is 2.39. The van der Waals surface area contributed by atoms with Crippen molar-refractivity contribution in [3.05, 3.63) is 0 Å². The van der Waals surface area contributed by atoms with Crippen LogP contribution in [0.5, 0.6) is 0 Å².